The number of hydrogen-bond acceptors (Lipinski definition) is 10. The maximum atomic E-state index is 11.9. The number of aromatic nitrogens is 4. The minimum Gasteiger partial charge on any atom is -0.359 e. The van der Waals surface area contributed by atoms with Gasteiger partial charge in [-0.15, -0.1) is 0 Å². The molecular weight excluding hydrogens is 478 g/mol. The van der Waals surface area contributed by atoms with Crippen molar-refractivity contribution in [1.82, 2.24) is 19.7 Å². The Morgan fingerprint density at radius 2 is 2.05 bits per heavy atom. The Morgan fingerprint density at radius 1 is 1.22 bits per heavy atom. The van der Waals surface area contributed by atoms with Gasteiger partial charge in [-0.25, -0.2) is 9.67 Å². The van der Waals surface area contributed by atoms with Crippen molar-refractivity contribution in [2.24, 2.45) is 0 Å². The van der Waals surface area contributed by atoms with E-state index in [1.54, 1.807) is 24.4 Å². The number of nitrogens with zero attached hydrogens (tertiary/aromatic N) is 6. The van der Waals surface area contributed by atoms with E-state index in [0.29, 0.717) is 48.1 Å². The molecule has 1 aliphatic rings. The molecule has 5 rings (SSSR count). The number of anilines is 3. The van der Waals surface area contributed by atoms with E-state index < -0.39 is 11.2 Å². The van der Waals surface area contributed by atoms with Gasteiger partial charge in [0.25, 0.3) is 5.69 Å². The molecule has 3 heterocycles. The lowest BCUT2D eigenvalue weighted by molar-refractivity contribution is -0.384. The number of rotatable bonds is 8. The molecule has 1 saturated heterocycles. The number of nitro groups is 1. The summed E-state index contributed by atoms with van der Waals surface area (Å²) in [5.74, 6) is 0.641. The molecular formula is C25H23N7O5. The first-order chi connectivity index (χ1) is 18.1. The Labute approximate surface area is 211 Å². The molecule has 188 valence electrons. The van der Waals surface area contributed by atoms with Crippen molar-refractivity contribution in [2.75, 3.05) is 37.0 Å². The van der Waals surface area contributed by atoms with Gasteiger partial charge in [0, 0.05) is 49.4 Å². The van der Waals surface area contributed by atoms with Crippen LogP contribution in [0.25, 0.3) is 17.1 Å². The van der Waals surface area contributed by atoms with Crippen LogP contribution in [0, 0.1) is 10.1 Å². The maximum Gasteiger partial charge on any atom is 0.294 e. The Bertz CT molecular complexity index is 1430. The number of methoxy groups -OCH3 is 1. The normalized spacial score (nSPS) is 15.4. The molecule has 0 radical (unpaired) electrons. The second-order valence-electron chi connectivity index (χ2n) is 8.17. The number of nitro benzene ring substituents is 1. The highest BCUT2D eigenvalue weighted by Gasteiger charge is 2.26. The van der Waals surface area contributed by atoms with Crippen LogP contribution in [0.2, 0.25) is 0 Å². The van der Waals surface area contributed by atoms with Crippen molar-refractivity contribution in [3.8, 4) is 17.1 Å². The average molecular weight is 502 g/mol. The molecule has 0 saturated carbocycles. The monoisotopic (exact) mass is 501 g/mol. The van der Waals surface area contributed by atoms with Gasteiger partial charge in [-0.3, -0.25) is 14.9 Å². The zero-order valence-corrected chi connectivity index (χ0v) is 19.9. The fourth-order valence-corrected chi connectivity index (χ4v) is 4.07. The van der Waals surface area contributed by atoms with Crippen LogP contribution in [0.4, 0.5) is 23.0 Å². The Morgan fingerprint density at radius 3 is 2.81 bits per heavy atom. The SMILES string of the molecule is COC1CN(c2ccc(Nc3nccc(-n4cc(C=O)c(-c5ccccc5)n4)n3)cc2[N+](=O)[O-])CCO1. The van der Waals surface area contributed by atoms with Crippen molar-refractivity contribution in [3.63, 3.8) is 0 Å². The van der Waals surface area contributed by atoms with E-state index in [-0.39, 0.29) is 11.6 Å². The van der Waals surface area contributed by atoms with Crippen LogP contribution in [0.15, 0.2) is 67.0 Å². The van der Waals surface area contributed by atoms with Gasteiger partial charge in [0.05, 0.1) is 23.6 Å². The molecule has 1 aliphatic heterocycles. The third kappa shape index (κ3) is 5.15. The highest BCUT2D eigenvalue weighted by Crippen LogP contribution is 2.33. The third-order valence-electron chi connectivity index (χ3n) is 5.86. The fraction of sp³-hybridized carbons (Fsp3) is 0.200. The number of benzene rings is 2. The predicted molar refractivity (Wildman–Crippen MR) is 135 cm³/mol. The van der Waals surface area contributed by atoms with E-state index >= 15 is 0 Å². The molecule has 0 spiro atoms. The number of aldehydes is 1. The van der Waals surface area contributed by atoms with Gasteiger partial charge in [0.1, 0.15) is 11.4 Å². The number of morpholine rings is 1. The van der Waals surface area contributed by atoms with E-state index in [0.717, 1.165) is 11.8 Å². The topological polar surface area (TPSA) is 138 Å². The molecule has 12 heteroatoms. The van der Waals surface area contributed by atoms with Gasteiger partial charge in [-0.1, -0.05) is 30.3 Å². The quantitative estimate of drug-likeness (QED) is 0.216. The summed E-state index contributed by atoms with van der Waals surface area (Å²) in [7, 11) is 1.54. The maximum absolute atomic E-state index is 11.9. The number of nitrogens with one attached hydrogen (secondary N) is 1. The summed E-state index contributed by atoms with van der Waals surface area (Å²) in [6.07, 6.45) is 3.43. The van der Waals surface area contributed by atoms with Crippen LogP contribution in [-0.4, -0.2) is 64.1 Å². The lowest BCUT2D eigenvalue weighted by atomic mass is 10.1. The summed E-state index contributed by atoms with van der Waals surface area (Å²) in [5, 5.41) is 19.4. The molecule has 12 nitrogen and oxygen atoms in total. The summed E-state index contributed by atoms with van der Waals surface area (Å²) in [5.41, 5.74) is 2.62. The number of carbonyl (C=O) groups is 1. The van der Waals surface area contributed by atoms with Crippen molar-refractivity contribution in [3.05, 3.63) is 82.7 Å². The van der Waals surface area contributed by atoms with E-state index in [1.165, 1.54) is 24.1 Å². The minimum absolute atomic E-state index is 0.0619. The van der Waals surface area contributed by atoms with Gasteiger partial charge in [-0.2, -0.15) is 10.1 Å². The van der Waals surface area contributed by atoms with Crippen molar-refractivity contribution in [1.29, 1.82) is 0 Å². The summed E-state index contributed by atoms with van der Waals surface area (Å²) in [4.78, 5) is 33.6. The third-order valence-corrected chi connectivity index (χ3v) is 5.86. The van der Waals surface area contributed by atoms with Gasteiger partial charge < -0.3 is 19.7 Å². The van der Waals surface area contributed by atoms with Crippen LogP contribution in [0.3, 0.4) is 0 Å². The molecule has 0 amide bonds. The summed E-state index contributed by atoms with van der Waals surface area (Å²) in [6, 6.07) is 15.9. The summed E-state index contributed by atoms with van der Waals surface area (Å²) < 4.78 is 12.2. The summed E-state index contributed by atoms with van der Waals surface area (Å²) >= 11 is 0. The largest absolute Gasteiger partial charge is 0.359 e. The van der Waals surface area contributed by atoms with E-state index in [1.807, 2.05) is 35.2 Å². The number of ether oxygens (including phenoxy) is 2. The van der Waals surface area contributed by atoms with Crippen molar-refractivity contribution < 1.29 is 19.2 Å². The number of carbonyl (C=O) groups excluding carboxylic acids is 1. The molecule has 4 aromatic rings. The first-order valence-corrected chi connectivity index (χ1v) is 11.4. The first kappa shape index (κ1) is 24.0. The molecule has 2 aromatic heterocycles. The van der Waals surface area contributed by atoms with Crippen molar-refractivity contribution >= 4 is 29.3 Å². The molecule has 1 atom stereocenters. The smallest absolute Gasteiger partial charge is 0.294 e. The predicted octanol–water partition coefficient (Wildman–Crippen LogP) is 3.60. The molecule has 2 aromatic carbocycles. The average Bonchev–Trinajstić information content (AvgIpc) is 3.38. The zero-order chi connectivity index (χ0) is 25.8. The molecule has 0 aliphatic carbocycles. The standard InChI is InChI=1S/C25H23N7O5/c1-36-23-15-30(11-12-37-23)20-8-7-19(13-21(20)32(34)35)27-25-26-10-9-22(28-25)31-14-18(16-33)24(29-31)17-5-3-2-4-6-17/h2-10,13-14,16,23H,11-12,15H2,1H3,(H,26,27,28). The zero-order valence-electron chi connectivity index (χ0n) is 19.9. The van der Waals surface area contributed by atoms with E-state index in [2.05, 4.69) is 20.4 Å². The number of hydrogen-bond donors (Lipinski definition) is 1. The molecule has 37 heavy (non-hydrogen) atoms. The van der Waals surface area contributed by atoms with Crippen LogP contribution < -0.4 is 10.2 Å². The van der Waals surface area contributed by atoms with Crippen LogP contribution >= 0.6 is 0 Å². The van der Waals surface area contributed by atoms with E-state index in [9.17, 15) is 14.9 Å². The fourth-order valence-electron chi connectivity index (χ4n) is 4.07. The highest BCUT2D eigenvalue weighted by molar-refractivity contribution is 5.85. The molecule has 1 fully saturated rings. The van der Waals surface area contributed by atoms with E-state index in [4.69, 9.17) is 9.47 Å². The summed E-state index contributed by atoms with van der Waals surface area (Å²) in [6.45, 7) is 1.30. The lowest BCUT2D eigenvalue weighted by Crippen LogP contribution is -2.43. The van der Waals surface area contributed by atoms with Crippen molar-refractivity contribution in [2.45, 2.75) is 6.29 Å². The first-order valence-electron chi connectivity index (χ1n) is 11.4. The highest BCUT2D eigenvalue weighted by atomic mass is 16.7. The Balaban J connectivity index is 1.41. The Kier molecular flexibility index (Phi) is 6.83. The Hall–Kier alpha value is -4.68. The lowest BCUT2D eigenvalue weighted by Gasteiger charge is -2.33. The van der Waals surface area contributed by atoms with Crippen LogP contribution in [0.5, 0.6) is 0 Å². The minimum atomic E-state index is -0.452. The van der Waals surface area contributed by atoms with Gasteiger partial charge >= 0.3 is 0 Å². The molecule has 1 N–H and O–H groups in total. The van der Waals surface area contributed by atoms with Crippen LogP contribution in [-0.2, 0) is 9.47 Å². The van der Waals surface area contributed by atoms with Crippen LogP contribution in [0.1, 0.15) is 10.4 Å². The van der Waals surface area contributed by atoms with Gasteiger partial charge in [0.2, 0.25) is 5.95 Å². The van der Waals surface area contributed by atoms with Gasteiger partial charge in [-0.05, 0) is 12.1 Å². The second kappa shape index (κ2) is 10.5. The molecule has 1 unspecified atom stereocenters. The second-order valence-corrected chi connectivity index (χ2v) is 8.17. The molecule has 0 bridgehead atoms. The van der Waals surface area contributed by atoms with Gasteiger partial charge in [0.15, 0.2) is 18.4 Å².